The first kappa shape index (κ1) is 17.0. The van der Waals surface area contributed by atoms with Crippen molar-refractivity contribution in [3.63, 3.8) is 0 Å². The van der Waals surface area contributed by atoms with E-state index >= 15 is 0 Å². The van der Waals surface area contributed by atoms with Gasteiger partial charge >= 0.3 is 6.03 Å². The third-order valence-corrected chi connectivity index (χ3v) is 4.11. The fraction of sp³-hybridized carbons (Fsp3) is 0.158. The van der Waals surface area contributed by atoms with Gasteiger partial charge in [0.2, 0.25) is 0 Å². The Balaban J connectivity index is 1.49. The lowest BCUT2D eigenvalue weighted by Gasteiger charge is -2.10. The molecule has 0 saturated heterocycles. The van der Waals surface area contributed by atoms with E-state index in [1.807, 2.05) is 59.4 Å². The number of halogens is 1. The van der Waals surface area contributed by atoms with Crippen molar-refractivity contribution in [1.82, 2.24) is 20.4 Å². The molecule has 0 spiro atoms. The Hall–Kier alpha value is -2.79. The minimum atomic E-state index is -0.225. The van der Waals surface area contributed by atoms with Crippen LogP contribution < -0.4 is 10.6 Å². The first-order valence-corrected chi connectivity index (χ1v) is 8.39. The molecular formula is C19H19ClN4O. The average molecular weight is 355 g/mol. The molecule has 2 aromatic carbocycles. The fourth-order valence-corrected chi connectivity index (χ4v) is 2.68. The molecular weight excluding hydrogens is 336 g/mol. The summed E-state index contributed by atoms with van der Waals surface area (Å²) >= 11 is 6.08. The molecule has 0 aliphatic carbocycles. The standard InChI is InChI=1S/C19H19ClN4O/c20-18-8-2-1-7-17(18)13-22-19(25)21-12-15-5-3-6-16(11-15)14-24-10-4-9-23-24/h1-11H,12-14H2,(H2,21,22,25). The van der Waals surface area contributed by atoms with E-state index < -0.39 is 0 Å². The quantitative estimate of drug-likeness (QED) is 0.710. The van der Waals surface area contributed by atoms with Gasteiger partial charge in [-0.1, -0.05) is 54.1 Å². The number of amides is 2. The van der Waals surface area contributed by atoms with Crippen LogP contribution in [-0.4, -0.2) is 15.8 Å². The predicted molar refractivity (Wildman–Crippen MR) is 98.3 cm³/mol. The summed E-state index contributed by atoms with van der Waals surface area (Å²) in [5.41, 5.74) is 3.07. The van der Waals surface area contributed by atoms with E-state index in [9.17, 15) is 4.79 Å². The van der Waals surface area contributed by atoms with Crippen molar-refractivity contribution in [1.29, 1.82) is 0 Å². The van der Waals surface area contributed by atoms with Gasteiger partial charge in [0.25, 0.3) is 0 Å². The Labute approximate surface area is 151 Å². The fourth-order valence-electron chi connectivity index (χ4n) is 2.48. The number of benzene rings is 2. The Bertz CT molecular complexity index is 833. The highest BCUT2D eigenvalue weighted by Gasteiger charge is 2.04. The molecule has 0 saturated carbocycles. The molecule has 3 rings (SSSR count). The Morgan fingerprint density at radius 2 is 1.80 bits per heavy atom. The highest BCUT2D eigenvalue weighted by atomic mass is 35.5. The van der Waals surface area contributed by atoms with Crippen molar-refractivity contribution in [2.24, 2.45) is 0 Å². The normalized spacial score (nSPS) is 10.4. The zero-order valence-corrected chi connectivity index (χ0v) is 14.4. The number of hydrogen-bond donors (Lipinski definition) is 2. The van der Waals surface area contributed by atoms with E-state index in [1.54, 1.807) is 6.20 Å². The Morgan fingerprint density at radius 1 is 1.00 bits per heavy atom. The van der Waals surface area contributed by atoms with Crippen LogP contribution in [0.2, 0.25) is 5.02 Å². The van der Waals surface area contributed by atoms with Gasteiger partial charge in [0.05, 0.1) is 6.54 Å². The van der Waals surface area contributed by atoms with Gasteiger partial charge in [-0.05, 0) is 28.8 Å². The molecule has 1 aromatic heterocycles. The maximum absolute atomic E-state index is 12.0. The van der Waals surface area contributed by atoms with E-state index in [0.717, 1.165) is 16.7 Å². The van der Waals surface area contributed by atoms with Gasteiger partial charge in [0, 0.05) is 30.5 Å². The molecule has 1 heterocycles. The summed E-state index contributed by atoms with van der Waals surface area (Å²) in [6.45, 7) is 1.56. The second-order valence-corrected chi connectivity index (χ2v) is 6.06. The molecule has 6 heteroatoms. The number of nitrogens with zero attached hydrogens (tertiary/aromatic N) is 2. The third-order valence-electron chi connectivity index (χ3n) is 3.75. The van der Waals surface area contributed by atoms with E-state index in [1.165, 1.54) is 0 Å². The largest absolute Gasteiger partial charge is 0.334 e. The van der Waals surface area contributed by atoms with Crippen LogP contribution in [0.3, 0.4) is 0 Å². The molecule has 0 bridgehead atoms. The third kappa shape index (κ3) is 5.09. The number of nitrogens with one attached hydrogen (secondary N) is 2. The van der Waals surface area contributed by atoms with Gasteiger partial charge in [0.15, 0.2) is 0 Å². The number of aromatic nitrogens is 2. The van der Waals surface area contributed by atoms with Crippen LogP contribution in [0, 0.1) is 0 Å². The summed E-state index contributed by atoms with van der Waals surface area (Å²) in [5.74, 6) is 0. The smallest absolute Gasteiger partial charge is 0.315 e. The van der Waals surface area contributed by atoms with E-state index in [2.05, 4.69) is 21.8 Å². The molecule has 0 fully saturated rings. The molecule has 25 heavy (non-hydrogen) atoms. The van der Waals surface area contributed by atoms with Gasteiger partial charge in [-0.3, -0.25) is 4.68 Å². The molecule has 3 aromatic rings. The van der Waals surface area contributed by atoms with E-state index in [-0.39, 0.29) is 6.03 Å². The zero-order valence-electron chi connectivity index (χ0n) is 13.7. The topological polar surface area (TPSA) is 59.0 Å². The lowest BCUT2D eigenvalue weighted by atomic mass is 10.1. The van der Waals surface area contributed by atoms with Crippen molar-refractivity contribution in [2.75, 3.05) is 0 Å². The summed E-state index contributed by atoms with van der Waals surface area (Å²) in [7, 11) is 0. The zero-order chi connectivity index (χ0) is 17.5. The highest BCUT2D eigenvalue weighted by molar-refractivity contribution is 6.31. The maximum Gasteiger partial charge on any atom is 0.315 e. The molecule has 2 N–H and O–H groups in total. The molecule has 0 unspecified atom stereocenters. The number of carbonyl (C=O) groups excluding carboxylic acids is 1. The second kappa shape index (κ2) is 8.35. The second-order valence-electron chi connectivity index (χ2n) is 5.65. The summed E-state index contributed by atoms with van der Waals surface area (Å²) < 4.78 is 1.86. The van der Waals surface area contributed by atoms with E-state index in [0.29, 0.717) is 24.7 Å². The first-order valence-electron chi connectivity index (χ1n) is 8.01. The van der Waals surface area contributed by atoms with Crippen LogP contribution in [0.1, 0.15) is 16.7 Å². The molecule has 0 radical (unpaired) electrons. The van der Waals surface area contributed by atoms with E-state index in [4.69, 9.17) is 11.6 Å². The van der Waals surface area contributed by atoms with Gasteiger partial charge in [-0.2, -0.15) is 5.10 Å². The summed E-state index contributed by atoms with van der Waals surface area (Å²) in [4.78, 5) is 12.0. The first-order chi connectivity index (χ1) is 12.2. The lowest BCUT2D eigenvalue weighted by Crippen LogP contribution is -2.34. The number of rotatable bonds is 6. The Morgan fingerprint density at radius 3 is 2.60 bits per heavy atom. The van der Waals surface area contributed by atoms with Crippen molar-refractivity contribution in [2.45, 2.75) is 19.6 Å². The minimum absolute atomic E-state index is 0.225. The molecule has 2 amide bonds. The van der Waals surface area contributed by atoms with Crippen LogP contribution in [0.15, 0.2) is 67.0 Å². The van der Waals surface area contributed by atoms with Crippen molar-refractivity contribution >= 4 is 17.6 Å². The lowest BCUT2D eigenvalue weighted by molar-refractivity contribution is 0.240. The molecule has 128 valence electrons. The van der Waals surface area contributed by atoms with Crippen LogP contribution in [0.25, 0.3) is 0 Å². The molecule has 0 atom stereocenters. The van der Waals surface area contributed by atoms with Crippen LogP contribution in [-0.2, 0) is 19.6 Å². The highest BCUT2D eigenvalue weighted by Crippen LogP contribution is 2.14. The summed E-state index contributed by atoms with van der Waals surface area (Å²) in [5, 5.41) is 10.5. The predicted octanol–water partition coefficient (Wildman–Crippen LogP) is 3.58. The van der Waals surface area contributed by atoms with Crippen LogP contribution >= 0.6 is 11.6 Å². The van der Waals surface area contributed by atoms with Crippen molar-refractivity contribution in [3.05, 3.63) is 88.7 Å². The van der Waals surface area contributed by atoms with Crippen LogP contribution in [0.5, 0.6) is 0 Å². The van der Waals surface area contributed by atoms with Gasteiger partial charge in [-0.25, -0.2) is 4.79 Å². The number of carbonyl (C=O) groups is 1. The van der Waals surface area contributed by atoms with Gasteiger partial charge in [0.1, 0.15) is 0 Å². The van der Waals surface area contributed by atoms with Crippen LogP contribution in [0.4, 0.5) is 4.79 Å². The molecule has 0 aliphatic heterocycles. The molecule has 0 aliphatic rings. The monoisotopic (exact) mass is 354 g/mol. The van der Waals surface area contributed by atoms with Gasteiger partial charge < -0.3 is 10.6 Å². The summed E-state index contributed by atoms with van der Waals surface area (Å²) in [6, 6.07) is 17.2. The molecule has 5 nitrogen and oxygen atoms in total. The SMILES string of the molecule is O=C(NCc1cccc(Cn2cccn2)c1)NCc1ccccc1Cl. The average Bonchev–Trinajstić information content (AvgIpc) is 3.12. The number of hydrogen-bond acceptors (Lipinski definition) is 2. The van der Waals surface area contributed by atoms with Crippen molar-refractivity contribution < 1.29 is 4.79 Å². The summed E-state index contributed by atoms with van der Waals surface area (Å²) in [6.07, 6.45) is 3.68. The Kier molecular flexibility index (Phi) is 5.69. The van der Waals surface area contributed by atoms with Gasteiger partial charge in [-0.15, -0.1) is 0 Å². The maximum atomic E-state index is 12.0. The number of urea groups is 1. The minimum Gasteiger partial charge on any atom is -0.334 e. The van der Waals surface area contributed by atoms with Crippen molar-refractivity contribution in [3.8, 4) is 0 Å².